The van der Waals surface area contributed by atoms with E-state index >= 15 is 0 Å². The van der Waals surface area contributed by atoms with Gasteiger partial charge in [-0.1, -0.05) is 16.6 Å². The van der Waals surface area contributed by atoms with Crippen LogP contribution in [0, 0.1) is 17.0 Å². The van der Waals surface area contributed by atoms with Crippen LogP contribution in [0.2, 0.25) is 5.15 Å². The van der Waals surface area contributed by atoms with E-state index in [1.165, 1.54) is 23.6 Å². The normalized spacial score (nSPS) is 11.0. The molecule has 0 atom stereocenters. The molecule has 4 rings (SSSR count). The fourth-order valence-corrected chi connectivity index (χ4v) is 5.39. The van der Waals surface area contributed by atoms with E-state index in [1.807, 2.05) is 0 Å². The number of hydrogen-bond donors (Lipinski definition) is 2. The van der Waals surface area contributed by atoms with Gasteiger partial charge in [-0.3, -0.25) is 15.1 Å². The first-order valence-corrected chi connectivity index (χ1v) is 12.2. The van der Waals surface area contributed by atoms with Crippen molar-refractivity contribution in [3.63, 3.8) is 0 Å². The largest absolute Gasteiger partial charge is 1.00 e. The number of nitrogens with zero attached hydrogens (tertiary/aromatic N) is 3. The summed E-state index contributed by atoms with van der Waals surface area (Å²) in [5.41, 5.74) is 1.91. The molecule has 0 amide bonds. The topological polar surface area (TPSA) is 110 Å². The van der Waals surface area contributed by atoms with E-state index in [0.29, 0.717) is 32.6 Å². The summed E-state index contributed by atoms with van der Waals surface area (Å²) in [5.74, 6) is -2.14. The fraction of sp³-hybridized carbons (Fsp3) is 0.0455. The molecule has 0 fully saturated rings. The van der Waals surface area contributed by atoms with Crippen LogP contribution in [0.1, 0.15) is 11.1 Å². The minimum absolute atomic E-state index is 0. The number of hydrogen-bond acceptors (Lipinski definition) is 6. The zero-order chi connectivity index (χ0) is 24.5. The molecule has 4 aromatic rings. The Morgan fingerprint density at radius 3 is 2.51 bits per heavy atom. The van der Waals surface area contributed by atoms with Gasteiger partial charge in [-0.2, -0.15) is 11.3 Å². The summed E-state index contributed by atoms with van der Waals surface area (Å²) < 4.78 is 54.8. The summed E-state index contributed by atoms with van der Waals surface area (Å²) in [6.45, 7) is 0. The van der Waals surface area contributed by atoms with Gasteiger partial charge < -0.3 is 5.32 Å². The van der Waals surface area contributed by atoms with Gasteiger partial charge in [0.15, 0.2) is 5.15 Å². The minimum atomic E-state index is -4.41. The van der Waals surface area contributed by atoms with Gasteiger partial charge in [0.1, 0.15) is 16.5 Å². The molecule has 2 N–H and O–H groups in total. The Balaban J connectivity index is 0.00000342. The number of anilines is 1. The summed E-state index contributed by atoms with van der Waals surface area (Å²) in [7, 11) is -2.80. The molecule has 1 aromatic carbocycles. The maximum Gasteiger partial charge on any atom is 1.00 e. The maximum absolute atomic E-state index is 14.1. The second-order valence-corrected chi connectivity index (χ2v) is 9.95. The molecule has 0 aliphatic carbocycles. The summed E-state index contributed by atoms with van der Waals surface area (Å²) >= 11 is 7.37. The van der Waals surface area contributed by atoms with Crippen molar-refractivity contribution in [3.8, 4) is 10.4 Å². The molecular formula is C22H15ClF2KN5O2S2. The summed E-state index contributed by atoms with van der Waals surface area (Å²) in [6.07, 6.45) is 4.63. The third-order valence-electron chi connectivity index (χ3n) is 4.71. The third-order valence-corrected chi connectivity index (χ3v) is 7.57. The Morgan fingerprint density at radius 2 is 1.86 bits per heavy atom. The number of sulfonamides is 1. The van der Waals surface area contributed by atoms with E-state index in [1.54, 1.807) is 37.6 Å². The van der Waals surface area contributed by atoms with Crippen LogP contribution in [0.15, 0.2) is 66.0 Å². The van der Waals surface area contributed by atoms with E-state index in [-0.39, 0.29) is 67.9 Å². The SMILES string of the molecule is C[N-]c1sc(-c2cnc(Cl)c(NS(=O)(=O)c3ccc(F)cc3F)c2)cc1C(=N)c1ccncc1.[K+]. The van der Waals surface area contributed by atoms with Crippen molar-refractivity contribution in [1.29, 1.82) is 5.41 Å². The molecule has 13 heteroatoms. The van der Waals surface area contributed by atoms with Crippen LogP contribution in [-0.4, -0.2) is 31.1 Å². The Hall–Kier alpha value is -1.77. The van der Waals surface area contributed by atoms with Gasteiger partial charge in [0.25, 0.3) is 10.0 Å². The maximum atomic E-state index is 14.1. The molecule has 0 saturated carbocycles. The number of rotatable bonds is 7. The average molecular weight is 558 g/mol. The average Bonchev–Trinajstić information content (AvgIpc) is 3.24. The van der Waals surface area contributed by atoms with Gasteiger partial charge >= 0.3 is 51.4 Å². The van der Waals surface area contributed by atoms with Crippen LogP contribution >= 0.6 is 22.9 Å². The van der Waals surface area contributed by atoms with Crippen LogP contribution in [-0.2, 0) is 10.0 Å². The fourth-order valence-electron chi connectivity index (χ4n) is 3.09. The van der Waals surface area contributed by atoms with Crippen LogP contribution in [0.4, 0.5) is 19.5 Å². The molecular weight excluding hydrogens is 543 g/mol. The molecule has 0 saturated heterocycles. The molecule has 0 bridgehead atoms. The molecule has 0 spiro atoms. The monoisotopic (exact) mass is 557 g/mol. The summed E-state index contributed by atoms with van der Waals surface area (Å²) in [6, 6.07) is 8.76. The quantitative estimate of drug-likeness (QED) is 0.207. The van der Waals surface area contributed by atoms with Crippen LogP contribution in [0.5, 0.6) is 0 Å². The van der Waals surface area contributed by atoms with E-state index in [4.69, 9.17) is 17.0 Å². The number of nitrogens with one attached hydrogen (secondary N) is 2. The molecule has 3 aromatic heterocycles. The number of halogens is 3. The zero-order valence-corrected chi connectivity index (χ0v) is 23.9. The molecule has 0 radical (unpaired) electrons. The molecule has 0 aliphatic rings. The molecule has 174 valence electrons. The van der Waals surface area contributed by atoms with E-state index in [0.717, 1.165) is 12.1 Å². The van der Waals surface area contributed by atoms with Gasteiger partial charge in [-0.25, -0.2) is 22.2 Å². The Kier molecular flexibility index (Phi) is 9.15. The standard InChI is InChI=1S/C22H15ClF2N5O2S2.K/c1-27-22-15(20(26)12-4-6-28-7-5-12)10-18(33-22)13-8-17(21(23)29-11-13)30-34(31,32)19-3-2-14(24)9-16(19)25;/h2-11,26,30H,1H3;/q-1;+1. The predicted octanol–water partition coefficient (Wildman–Crippen LogP) is 2.99. The van der Waals surface area contributed by atoms with Gasteiger partial charge in [0, 0.05) is 40.7 Å². The second-order valence-electron chi connectivity index (χ2n) is 6.91. The Morgan fingerprint density at radius 1 is 1.14 bits per heavy atom. The summed E-state index contributed by atoms with van der Waals surface area (Å²) in [5, 5.41) is 13.2. The number of aromatic nitrogens is 2. The first-order valence-electron chi connectivity index (χ1n) is 9.56. The van der Waals surface area contributed by atoms with Crippen molar-refractivity contribution >= 4 is 49.4 Å². The molecule has 0 aliphatic heterocycles. The van der Waals surface area contributed by atoms with Crippen molar-refractivity contribution < 1.29 is 68.6 Å². The number of pyridine rings is 2. The first-order chi connectivity index (χ1) is 16.2. The minimum Gasteiger partial charge on any atom is -0.678 e. The van der Waals surface area contributed by atoms with Crippen molar-refractivity contribution in [2.75, 3.05) is 11.8 Å². The smallest absolute Gasteiger partial charge is 0.678 e. The zero-order valence-electron chi connectivity index (χ0n) is 18.4. The number of thiophene rings is 1. The van der Waals surface area contributed by atoms with Crippen LogP contribution < -0.4 is 56.1 Å². The molecule has 3 heterocycles. The van der Waals surface area contributed by atoms with Crippen molar-refractivity contribution in [2.24, 2.45) is 0 Å². The van der Waals surface area contributed by atoms with E-state index < -0.39 is 26.6 Å². The molecule has 7 nitrogen and oxygen atoms in total. The van der Waals surface area contributed by atoms with Crippen molar-refractivity contribution in [3.05, 3.63) is 94.3 Å². The third kappa shape index (κ3) is 6.14. The molecule has 35 heavy (non-hydrogen) atoms. The van der Waals surface area contributed by atoms with Gasteiger partial charge in [0.05, 0.1) is 11.4 Å². The van der Waals surface area contributed by atoms with Crippen molar-refractivity contribution in [2.45, 2.75) is 4.90 Å². The number of benzene rings is 1. The van der Waals surface area contributed by atoms with Gasteiger partial charge in [-0.15, -0.1) is 7.05 Å². The van der Waals surface area contributed by atoms with Crippen LogP contribution in [0.3, 0.4) is 0 Å². The van der Waals surface area contributed by atoms with E-state index in [2.05, 4.69) is 20.0 Å². The van der Waals surface area contributed by atoms with Gasteiger partial charge in [0.2, 0.25) is 0 Å². The van der Waals surface area contributed by atoms with E-state index in [9.17, 15) is 17.2 Å². The van der Waals surface area contributed by atoms with Gasteiger partial charge in [-0.05, 0) is 42.0 Å². The predicted molar refractivity (Wildman–Crippen MR) is 129 cm³/mol. The molecule has 0 unspecified atom stereocenters. The first kappa shape index (κ1) is 27.8. The summed E-state index contributed by atoms with van der Waals surface area (Å²) in [4.78, 5) is 7.92. The second kappa shape index (κ2) is 11.5. The van der Waals surface area contributed by atoms with Crippen molar-refractivity contribution in [1.82, 2.24) is 9.97 Å². The van der Waals surface area contributed by atoms with Crippen LogP contribution in [0.25, 0.3) is 15.8 Å². The Labute approximate surface area is 252 Å². The Bertz CT molecular complexity index is 1500.